The van der Waals surface area contributed by atoms with Crippen LogP contribution in [0.1, 0.15) is 40.0 Å². The van der Waals surface area contributed by atoms with Crippen LogP contribution in [0, 0.1) is 0 Å². The number of allylic oxidation sites excluding steroid dienone is 2. The normalized spacial score (nSPS) is 13.6. The minimum absolute atomic E-state index is 0.123. The molecule has 1 aromatic heterocycles. The Hall–Kier alpha value is -3.24. The molecule has 1 aliphatic rings. The minimum atomic E-state index is -0.145. The number of nitrogens with one attached hydrogen (secondary N) is 1. The molecule has 0 aliphatic heterocycles. The average Bonchev–Trinajstić information content (AvgIpc) is 2.73. The van der Waals surface area contributed by atoms with Crippen LogP contribution in [0.15, 0.2) is 73.1 Å². The number of rotatable bonds is 4. The van der Waals surface area contributed by atoms with E-state index in [0.29, 0.717) is 5.56 Å². The van der Waals surface area contributed by atoms with Crippen molar-refractivity contribution in [3.05, 3.63) is 95.3 Å². The molecule has 0 radical (unpaired) electrons. The topological polar surface area (TPSA) is 68.0 Å². The summed E-state index contributed by atoms with van der Waals surface area (Å²) in [5, 5.41) is 2.93. The second-order valence-electron chi connectivity index (χ2n) is 7.10. The van der Waals surface area contributed by atoms with E-state index in [9.17, 15) is 4.79 Å². The molecule has 4 rings (SSSR count). The standard InChI is InChI=1S/C24H23N3O/c1-16(25)20-10-9-18(24(28)27-19-11-13-26-14-12-19)15-23(20)22-8-4-6-17-5-2-3-7-21(17)22/h2-4,6,8-16H,5,7,25H2,1H3,(H,26,27,28). The van der Waals surface area contributed by atoms with Crippen molar-refractivity contribution in [1.82, 2.24) is 4.98 Å². The van der Waals surface area contributed by atoms with Gasteiger partial charge >= 0.3 is 0 Å². The first-order valence-corrected chi connectivity index (χ1v) is 9.50. The molecule has 0 fully saturated rings. The van der Waals surface area contributed by atoms with E-state index in [1.807, 2.05) is 25.1 Å². The van der Waals surface area contributed by atoms with Crippen molar-refractivity contribution in [2.24, 2.45) is 5.73 Å². The van der Waals surface area contributed by atoms with Crippen LogP contribution in [0.2, 0.25) is 0 Å². The van der Waals surface area contributed by atoms with Crippen molar-refractivity contribution < 1.29 is 4.79 Å². The van der Waals surface area contributed by atoms with Gasteiger partial charge in [-0.15, -0.1) is 0 Å². The molecule has 1 atom stereocenters. The number of hydrogen-bond donors (Lipinski definition) is 2. The summed E-state index contributed by atoms with van der Waals surface area (Å²) in [6.45, 7) is 1.98. The molecular formula is C24H23N3O. The number of aromatic nitrogens is 1. The molecule has 4 nitrogen and oxygen atoms in total. The molecule has 4 heteroatoms. The third-order valence-corrected chi connectivity index (χ3v) is 5.13. The molecule has 1 unspecified atom stereocenters. The van der Waals surface area contributed by atoms with Crippen LogP contribution >= 0.6 is 0 Å². The number of pyridine rings is 1. The number of carbonyl (C=O) groups is 1. The van der Waals surface area contributed by atoms with E-state index in [1.54, 1.807) is 24.5 Å². The van der Waals surface area contributed by atoms with Crippen molar-refractivity contribution in [2.75, 3.05) is 5.32 Å². The summed E-state index contributed by atoms with van der Waals surface area (Å²) in [4.78, 5) is 16.8. The maximum Gasteiger partial charge on any atom is 0.255 e. The Balaban J connectivity index is 1.77. The van der Waals surface area contributed by atoms with Crippen molar-refractivity contribution in [2.45, 2.75) is 25.8 Å². The van der Waals surface area contributed by atoms with Crippen LogP contribution in [0.4, 0.5) is 5.69 Å². The Labute approximate surface area is 165 Å². The van der Waals surface area contributed by atoms with Crippen LogP contribution in [0.5, 0.6) is 0 Å². The number of carbonyl (C=O) groups excluding carboxylic acids is 1. The number of nitrogens with two attached hydrogens (primary N) is 1. The lowest BCUT2D eigenvalue weighted by Gasteiger charge is -2.20. The van der Waals surface area contributed by atoms with Gasteiger partial charge in [0.25, 0.3) is 5.91 Å². The first-order valence-electron chi connectivity index (χ1n) is 9.50. The third kappa shape index (κ3) is 3.59. The summed E-state index contributed by atoms with van der Waals surface area (Å²) in [6, 6.07) is 15.6. The number of benzene rings is 2. The van der Waals surface area contributed by atoms with Crippen LogP contribution in [0.25, 0.3) is 11.1 Å². The first kappa shape index (κ1) is 18.1. The highest BCUT2D eigenvalue weighted by Crippen LogP contribution is 2.34. The number of amides is 1. The number of nitrogens with zero attached hydrogens (tertiary/aromatic N) is 1. The quantitative estimate of drug-likeness (QED) is 0.656. The lowest BCUT2D eigenvalue weighted by Crippen LogP contribution is -2.14. The lowest BCUT2D eigenvalue weighted by molar-refractivity contribution is 0.102. The zero-order chi connectivity index (χ0) is 19.5. The van der Waals surface area contributed by atoms with Gasteiger partial charge in [-0.25, -0.2) is 0 Å². The van der Waals surface area contributed by atoms with Gasteiger partial charge in [0.1, 0.15) is 0 Å². The van der Waals surface area contributed by atoms with Crippen LogP contribution < -0.4 is 11.1 Å². The molecule has 1 aliphatic carbocycles. The largest absolute Gasteiger partial charge is 0.324 e. The van der Waals surface area contributed by atoms with E-state index in [-0.39, 0.29) is 11.9 Å². The maximum absolute atomic E-state index is 12.8. The van der Waals surface area contributed by atoms with E-state index in [4.69, 9.17) is 5.73 Å². The number of fused-ring (bicyclic) bond motifs is 1. The highest BCUT2D eigenvalue weighted by molar-refractivity contribution is 6.05. The molecule has 0 spiro atoms. The fourth-order valence-electron chi connectivity index (χ4n) is 3.70. The van der Waals surface area contributed by atoms with Gasteiger partial charge in [-0.3, -0.25) is 9.78 Å². The molecule has 28 heavy (non-hydrogen) atoms. The van der Waals surface area contributed by atoms with Gasteiger partial charge < -0.3 is 11.1 Å². The van der Waals surface area contributed by atoms with Crippen LogP contribution in [-0.4, -0.2) is 10.9 Å². The highest BCUT2D eigenvalue weighted by atomic mass is 16.1. The van der Waals surface area contributed by atoms with Gasteiger partial charge in [0.15, 0.2) is 0 Å². The second kappa shape index (κ2) is 7.79. The Morgan fingerprint density at radius 1 is 1.04 bits per heavy atom. The molecule has 0 saturated heterocycles. The number of anilines is 1. The molecule has 0 saturated carbocycles. The molecule has 3 N–H and O–H groups in total. The van der Waals surface area contributed by atoms with Gasteiger partial charge in [-0.2, -0.15) is 0 Å². The van der Waals surface area contributed by atoms with Gasteiger partial charge in [-0.05, 0) is 71.8 Å². The van der Waals surface area contributed by atoms with Crippen molar-refractivity contribution in [1.29, 1.82) is 0 Å². The van der Waals surface area contributed by atoms with Gasteiger partial charge in [0, 0.05) is 29.7 Å². The smallest absolute Gasteiger partial charge is 0.255 e. The van der Waals surface area contributed by atoms with Gasteiger partial charge in [0.2, 0.25) is 0 Å². The summed E-state index contributed by atoms with van der Waals surface area (Å²) in [6.07, 6.45) is 9.57. The number of hydrogen-bond acceptors (Lipinski definition) is 3. The van der Waals surface area contributed by atoms with Crippen molar-refractivity contribution in [3.8, 4) is 11.1 Å². The predicted molar refractivity (Wildman–Crippen MR) is 113 cm³/mol. The fraction of sp³-hybridized carbons (Fsp3) is 0.167. The molecule has 1 amide bonds. The molecule has 1 heterocycles. The predicted octanol–water partition coefficient (Wildman–Crippen LogP) is 4.68. The van der Waals surface area contributed by atoms with E-state index in [0.717, 1.165) is 35.2 Å². The lowest BCUT2D eigenvalue weighted by atomic mass is 9.85. The Bertz CT molecular complexity index is 1040. The van der Waals surface area contributed by atoms with E-state index < -0.39 is 0 Å². The summed E-state index contributed by atoms with van der Waals surface area (Å²) < 4.78 is 0. The fourth-order valence-corrected chi connectivity index (χ4v) is 3.70. The monoisotopic (exact) mass is 369 g/mol. The summed E-state index contributed by atoms with van der Waals surface area (Å²) in [5.41, 5.74) is 13.5. The van der Waals surface area contributed by atoms with Gasteiger partial charge in [-0.1, -0.05) is 36.4 Å². The molecule has 140 valence electrons. The van der Waals surface area contributed by atoms with Crippen LogP contribution in [0.3, 0.4) is 0 Å². The summed E-state index contributed by atoms with van der Waals surface area (Å²) in [5.74, 6) is -0.145. The minimum Gasteiger partial charge on any atom is -0.324 e. The van der Waals surface area contributed by atoms with E-state index in [2.05, 4.69) is 40.7 Å². The SMILES string of the molecule is CC(N)c1ccc(C(=O)Nc2ccncc2)cc1-c1cccc2c1CC=CC2. The Morgan fingerprint density at radius 3 is 2.61 bits per heavy atom. The first-order chi connectivity index (χ1) is 13.6. The highest BCUT2D eigenvalue weighted by Gasteiger charge is 2.18. The zero-order valence-electron chi connectivity index (χ0n) is 15.9. The summed E-state index contributed by atoms with van der Waals surface area (Å²) >= 11 is 0. The second-order valence-corrected chi connectivity index (χ2v) is 7.10. The van der Waals surface area contributed by atoms with E-state index in [1.165, 1.54) is 11.1 Å². The van der Waals surface area contributed by atoms with Crippen LogP contribution in [-0.2, 0) is 12.8 Å². The van der Waals surface area contributed by atoms with Gasteiger partial charge in [0.05, 0.1) is 0 Å². The van der Waals surface area contributed by atoms with Crippen molar-refractivity contribution in [3.63, 3.8) is 0 Å². The molecule has 3 aromatic rings. The van der Waals surface area contributed by atoms with E-state index >= 15 is 0 Å². The van der Waals surface area contributed by atoms with Crippen molar-refractivity contribution >= 4 is 11.6 Å². The maximum atomic E-state index is 12.8. The Morgan fingerprint density at radius 2 is 1.82 bits per heavy atom. The Kier molecular flexibility index (Phi) is 5.04. The zero-order valence-corrected chi connectivity index (χ0v) is 15.9. The molecule has 0 bridgehead atoms. The molecular weight excluding hydrogens is 346 g/mol. The summed E-state index contributed by atoms with van der Waals surface area (Å²) in [7, 11) is 0. The third-order valence-electron chi connectivity index (χ3n) is 5.13. The molecule has 2 aromatic carbocycles. The average molecular weight is 369 g/mol.